The Hall–Kier alpha value is -1.81. The van der Waals surface area contributed by atoms with E-state index < -0.39 is 6.10 Å². The predicted octanol–water partition coefficient (Wildman–Crippen LogP) is 2.20. The number of nitrogens with one attached hydrogen (secondary N) is 2. The molecule has 0 bridgehead atoms. The van der Waals surface area contributed by atoms with Gasteiger partial charge >= 0.3 is 0 Å². The summed E-state index contributed by atoms with van der Waals surface area (Å²) in [7, 11) is 0. The molecule has 0 aliphatic heterocycles. The van der Waals surface area contributed by atoms with Crippen LogP contribution >= 0.6 is 0 Å². The number of aliphatic hydroxyl groups is 1. The van der Waals surface area contributed by atoms with Crippen molar-refractivity contribution in [2.45, 2.75) is 37.8 Å². The molecule has 19 heavy (non-hydrogen) atoms. The molecule has 4 nitrogen and oxygen atoms in total. The van der Waals surface area contributed by atoms with Crippen LogP contribution in [0, 0.1) is 0 Å². The summed E-state index contributed by atoms with van der Waals surface area (Å²) in [6, 6.07) is 7.46. The number of carbonyl (C=O) groups excluding carboxylic acids is 1. The van der Waals surface area contributed by atoms with Crippen LogP contribution in [0.15, 0.2) is 30.5 Å². The van der Waals surface area contributed by atoms with Crippen molar-refractivity contribution in [2.24, 2.45) is 0 Å². The van der Waals surface area contributed by atoms with Crippen LogP contribution in [0.2, 0.25) is 0 Å². The van der Waals surface area contributed by atoms with Gasteiger partial charge in [-0.05, 0) is 36.4 Å². The Morgan fingerprint density at radius 2 is 2.11 bits per heavy atom. The first-order valence-corrected chi connectivity index (χ1v) is 6.80. The van der Waals surface area contributed by atoms with Gasteiger partial charge in [-0.1, -0.05) is 18.9 Å². The largest absolute Gasteiger partial charge is 0.391 e. The first-order valence-electron chi connectivity index (χ1n) is 6.80. The zero-order valence-corrected chi connectivity index (χ0v) is 10.7. The van der Waals surface area contributed by atoms with E-state index in [4.69, 9.17) is 0 Å². The lowest BCUT2D eigenvalue weighted by Gasteiger charge is -2.28. The van der Waals surface area contributed by atoms with Gasteiger partial charge in [-0.3, -0.25) is 4.79 Å². The van der Waals surface area contributed by atoms with Gasteiger partial charge in [-0.2, -0.15) is 0 Å². The highest BCUT2D eigenvalue weighted by molar-refractivity contribution is 5.98. The van der Waals surface area contributed by atoms with E-state index in [2.05, 4.69) is 10.3 Å². The summed E-state index contributed by atoms with van der Waals surface area (Å²) in [6.45, 7) is 0. The predicted molar refractivity (Wildman–Crippen MR) is 74.0 cm³/mol. The summed E-state index contributed by atoms with van der Waals surface area (Å²) in [4.78, 5) is 15.3. The second-order valence-corrected chi connectivity index (χ2v) is 5.21. The molecular weight excluding hydrogens is 240 g/mol. The molecule has 1 saturated carbocycles. The van der Waals surface area contributed by atoms with Crippen LogP contribution in [0.25, 0.3) is 10.9 Å². The van der Waals surface area contributed by atoms with Gasteiger partial charge in [0, 0.05) is 17.3 Å². The van der Waals surface area contributed by atoms with Crippen molar-refractivity contribution in [1.29, 1.82) is 0 Å². The van der Waals surface area contributed by atoms with Gasteiger partial charge in [0.2, 0.25) is 0 Å². The zero-order valence-electron chi connectivity index (χ0n) is 10.7. The third kappa shape index (κ3) is 2.49. The van der Waals surface area contributed by atoms with Gasteiger partial charge in [0.25, 0.3) is 5.91 Å². The maximum Gasteiger partial charge on any atom is 0.251 e. The van der Waals surface area contributed by atoms with Crippen LogP contribution in [0.4, 0.5) is 0 Å². The number of H-pyrrole nitrogens is 1. The number of carbonyl (C=O) groups is 1. The van der Waals surface area contributed by atoms with Crippen LogP contribution < -0.4 is 5.32 Å². The molecule has 1 aromatic heterocycles. The number of rotatable bonds is 2. The lowest BCUT2D eigenvalue weighted by molar-refractivity contribution is 0.0717. The number of aromatic nitrogens is 1. The van der Waals surface area contributed by atoms with E-state index in [-0.39, 0.29) is 11.9 Å². The zero-order chi connectivity index (χ0) is 13.2. The monoisotopic (exact) mass is 258 g/mol. The average Bonchev–Trinajstić information content (AvgIpc) is 2.88. The van der Waals surface area contributed by atoms with Crippen LogP contribution in [0.3, 0.4) is 0 Å². The molecule has 0 unspecified atom stereocenters. The van der Waals surface area contributed by atoms with Crippen LogP contribution in [-0.4, -0.2) is 28.1 Å². The van der Waals surface area contributed by atoms with E-state index in [1.165, 1.54) is 0 Å². The molecule has 1 aromatic carbocycles. The SMILES string of the molecule is O=C(N[C@H]1CCCC[C@@H]1O)c1ccc2cc[nH]c2c1. The van der Waals surface area contributed by atoms with Gasteiger partial charge in [0.05, 0.1) is 12.1 Å². The van der Waals surface area contributed by atoms with E-state index in [0.717, 1.165) is 36.6 Å². The molecule has 2 atom stereocenters. The number of aliphatic hydroxyl groups excluding tert-OH is 1. The van der Waals surface area contributed by atoms with E-state index in [9.17, 15) is 9.90 Å². The molecule has 0 spiro atoms. The molecule has 1 aliphatic rings. The van der Waals surface area contributed by atoms with Gasteiger partial charge in [-0.15, -0.1) is 0 Å². The third-order valence-corrected chi connectivity index (χ3v) is 3.86. The molecular formula is C15H18N2O2. The molecule has 4 heteroatoms. The van der Waals surface area contributed by atoms with Crippen LogP contribution in [0.5, 0.6) is 0 Å². The summed E-state index contributed by atoms with van der Waals surface area (Å²) in [6.07, 6.45) is 5.20. The lowest BCUT2D eigenvalue weighted by Crippen LogP contribution is -2.45. The summed E-state index contributed by atoms with van der Waals surface area (Å²) in [5, 5.41) is 13.9. The van der Waals surface area contributed by atoms with Crippen molar-refractivity contribution in [3.05, 3.63) is 36.0 Å². The van der Waals surface area contributed by atoms with E-state index in [0.29, 0.717) is 5.56 Å². The fraction of sp³-hybridized carbons (Fsp3) is 0.400. The quantitative estimate of drug-likeness (QED) is 0.773. The van der Waals surface area contributed by atoms with Gasteiger partial charge in [-0.25, -0.2) is 0 Å². The highest BCUT2D eigenvalue weighted by Gasteiger charge is 2.24. The molecule has 2 aromatic rings. The second-order valence-electron chi connectivity index (χ2n) is 5.21. The number of fused-ring (bicyclic) bond motifs is 1. The minimum absolute atomic E-state index is 0.109. The van der Waals surface area contributed by atoms with Gasteiger partial charge in [0.15, 0.2) is 0 Å². The minimum Gasteiger partial charge on any atom is -0.391 e. The molecule has 3 rings (SSSR count). The Bertz CT molecular complexity index is 591. The minimum atomic E-state index is -0.410. The Balaban J connectivity index is 1.75. The summed E-state index contributed by atoms with van der Waals surface area (Å²) in [5.41, 5.74) is 1.59. The maximum atomic E-state index is 12.2. The Kier molecular flexibility index (Phi) is 3.25. The molecule has 1 aliphatic carbocycles. The number of amides is 1. The van der Waals surface area contributed by atoms with E-state index >= 15 is 0 Å². The summed E-state index contributed by atoms with van der Waals surface area (Å²) >= 11 is 0. The van der Waals surface area contributed by atoms with Crippen molar-refractivity contribution in [1.82, 2.24) is 10.3 Å². The Labute approximate surface area is 111 Å². The van der Waals surface area contributed by atoms with Crippen molar-refractivity contribution in [3.8, 4) is 0 Å². The number of benzene rings is 1. The maximum absolute atomic E-state index is 12.2. The summed E-state index contributed by atoms with van der Waals surface area (Å²) < 4.78 is 0. The molecule has 1 fully saturated rings. The van der Waals surface area contributed by atoms with Crippen molar-refractivity contribution in [2.75, 3.05) is 0 Å². The second kappa shape index (κ2) is 5.05. The fourth-order valence-electron chi connectivity index (χ4n) is 2.72. The fourth-order valence-corrected chi connectivity index (χ4v) is 2.72. The Morgan fingerprint density at radius 1 is 1.26 bits per heavy atom. The topological polar surface area (TPSA) is 65.1 Å². The number of aromatic amines is 1. The molecule has 0 saturated heterocycles. The average molecular weight is 258 g/mol. The third-order valence-electron chi connectivity index (χ3n) is 3.86. The van der Waals surface area contributed by atoms with Crippen molar-refractivity contribution < 1.29 is 9.90 Å². The lowest BCUT2D eigenvalue weighted by atomic mass is 9.92. The molecule has 1 amide bonds. The van der Waals surface area contributed by atoms with Crippen molar-refractivity contribution >= 4 is 16.8 Å². The summed E-state index contributed by atoms with van der Waals surface area (Å²) in [5.74, 6) is -0.109. The number of hydrogen-bond donors (Lipinski definition) is 3. The molecule has 100 valence electrons. The van der Waals surface area contributed by atoms with Crippen LogP contribution in [0.1, 0.15) is 36.0 Å². The van der Waals surface area contributed by atoms with E-state index in [1.807, 2.05) is 30.5 Å². The molecule has 3 N–H and O–H groups in total. The highest BCUT2D eigenvalue weighted by Crippen LogP contribution is 2.19. The van der Waals surface area contributed by atoms with Gasteiger partial charge < -0.3 is 15.4 Å². The highest BCUT2D eigenvalue weighted by atomic mass is 16.3. The number of hydrogen-bond acceptors (Lipinski definition) is 2. The first-order chi connectivity index (χ1) is 9.24. The van der Waals surface area contributed by atoms with E-state index in [1.54, 1.807) is 0 Å². The van der Waals surface area contributed by atoms with Crippen molar-refractivity contribution in [3.63, 3.8) is 0 Å². The van der Waals surface area contributed by atoms with Gasteiger partial charge in [0.1, 0.15) is 0 Å². The smallest absolute Gasteiger partial charge is 0.251 e. The molecule has 0 radical (unpaired) electrons. The normalized spacial score (nSPS) is 23.4. The Morgan fingerprint density at radius 3 is 2.95 bits per heavy atom. The molecule has 1 heterocycles. The first kappa shape index (κ1) is 12.2. The standard InChI is InChI=1S/C15H18N2O2/c18-14-4-2-1-3-12(14)17-15(19)11-6-5-10-7-8-16-13(10)9-11/h5-9,12,14,16,18H,1-4H2,(H,17,19)/t12-,14-/m0/s1. The van der Waals surface area contributed by atoms with Crippen LogP contribution in [-0.2, 0) is 0 Å².